The van der Waals surface area contributed by atoms with Gasteiger partial charge in [-0.25, -0.2) is 0 Å². The van der Waals surface area contributed by atoms with Crippen LogP contribution in [0, 0.1) is 17.2 Å². The molecule has 0 N–H and O–H groups in total. The van der Waals surface area contributed by atoms with Crippen molar-refractivity contribution in [3.63, 3.8) is 0 Å². The van der Waals surface area contributed by atoms with E-state index < -0.39 is 0 Å². The molecule has 0 amide bonds. The van der Waals surface area contributed by atoms with Gasteiger partial charge in [-0.05, 0) is 42.9 Å². The fourth-order valence-electron chi connectivity index (χ4n) is 2.47. The lowest BCUT2D eigenvalue weighted by Gasteiger charge is -2.27. The minimum absolute atomic E-state index is 0.0398. The topological polar surface area (TPSA) is 27.0 Å². The van der Waals surface area contributed by atoms with Crippen molar-refractivity contribution < 1.29 is 0 Å². The molecule has 94 valence electrons. The van der Waals surface area contributed by atoms with E-state index in [9.17, 15) is 5.26 Å². The number of benzene rings is 1. The smallest absolute Gasteiger partial charge is 0.0675 e. The summed E-state index contributed by atoms with van der Waals surface area (Å²) in [7, 11) is 4.11. The van der Waals surface area contributed by atoms with E-state index in [0.717, 1.165) is 6.42 Å². The molecule has 0 saturated carbocycles. The summed E-state index contributed by atoms with van der Waals surface area (Å²) < 4.78 is 1.30. The highest BCUT2D eigenvalue weighted by atomic mass is 32.1. The Labute approximate surface area is 112 Å². The van der Waals surface area contributed by atoms with Crippen LogP contribution in [0.25, 0.3) is 10.1 Å². The molecule has 1 heterocycles. The van der Waals surface area contributed by atoms with E-state index in [0.29, 0.717) is 0 Å². The van der Waals surface area contributed by atoms with Crippen LogP contribution in [0.15, 0.2) is 29.6 Å². The van der Waals surface area contributed by atoms with E-state index in [1.165, 1.54) is 15.6 Å². The monoisotopic (exact) mass is 258 g/mol. The quantitative estimate of drug-likeness (QED) is 0.827. The Hall–Kier alpha value is -1.37. The number of rotatable bonds is 4. The van der Waals surface area contributed by atoms with Crippen molar-refractivity contribution in [3.05, 3.63) is 35.2 Å². The molecule has 0 radical (unpaired) electrons. The summed E-state index contributed by atoms with van der Waals surface area (Å²) in [6, 6.07) is 11.1. The average Bonchev–Trinajstić information content (AvgIpc) is 2.79. The standard InChI is InChI=1S/C15H18N2S/c1-4-11(9-16)15(17(2)3)13-10-18-14-8-6-5-7-12(13)14/h5-8,10-11,15H,4H2,1-3H3. The zero-order chi connectivity index (χ0) is 13.1. The lowest BCUT2D eigenvalue weighted by Crippen LogP contribution is -2.26. The van der Waals surface area contributed by atoms with Crippen LogP contribution >= 0.6 is 11.3 Å². The van der Waals surface area contributed by atoms with E-state index in [1.807, 2.05) is 0 Å². The second-order valence-electron chi connectivity index (χ2n) is 4.74. The molecule has 1 aromatic heterocycles. The summed E-state index contributed by atoms with van der Waals surface area (Å²) in [6.07, 6.45) is 0.878. The van der Waals surface area contributed by atoms with Crippen molar-refractivity contribution in [2.45, 2.75) is 19.4 Å². The SMILES string of the molecule is CCC(C#N)C(c1csc2ccccc12)N(C)C. The van der Waals surface area contributed by atoms with Crippen LogP contribution in [0.4, 0.5) is 0 Å². The highest BCUT2D eigenvalue weighted by Crippen LogP contribution is 2.37. The predicted octanol–water partition coefficient (Wildman–Crippen LogP) is 4.05. The van der Waals surface area contributed by atoms with Crippen molar-refractivity contribution in [1.29, 1.82) is 5.26 Å². The molecule has 18 heavy (non-hydrogen) atoms. The summed E-state index contributed by atoms with van der Waals surface area (Å²) in [5.74, 6) is 0.0398. The first-order valence-corrected chi connectivity index (χ1v) is 7.09. The second-order valence-corrected chi connectivity index (χ2v) is 5.65. The summed E-state index contributed by atoms with van der Waals surface area (Å²) in [6.45, 7) is 2.08. The molecule has 0 aliphatic heterocycles. The van der Waals surface area contributed by atoms with Crippen LogP contribution in [-0.4, -0.2) is 19.0 Å². The molecule has 0 spiro atoms. The van der Waals surface area contributed by atoms with Gasteiger partial charge in [0.25, 0.3) is 0 Å². The first kappa shape index (κ1) is 13.1. The Kier molecular flexibility index (Phi) is 4.00. The van der Waals surface area contributed by atoms with Gasteiger partial charge >= 0.3 is 0 Å². The van der Waals surface area contributed by atoms with Gasteiger partial charge in [0.2, 0.25) is 0 Å². The lowest BCUT2D eigenvalue weighted by molar-refractivity contribution is 0.243. The maximum Gasteiger partial charge on any atom is 0.0675 e. The molecule has 0 aliphatic carbocycles. The summed E-state index contributed by atoms with van der Waals surface area (Å²) in [5.41, 5.74) is 1.29. The number of nitriles is 1. The van der Waals surface area contributed by atoms with E-state index >= 15 is 0 Å². The zero-order valence-corrected chi connectivity index (χ0v) is 11.9. The molecule has 0 bridgehead atoms. The first-order valence-electron chi connectivity index (χ1n) is 6.21. The number of nitrogens with zero attached hydrogens (tertiary/aromatic N) is 2. The van der Waals surface area contributed by atoms with Gasteiger partial charge < -0.3 is 4.90 Å². The molecule has 0 fully saturated rings. The van der Waals surface area contributed by atoms with Gasteiger partial charge in [-0.2, -0.15) is 5.26 Å². The van der Waals surface area contributed by atoms with Crippen molar-refractivity contribution >= 4 is 21.4 Å². The Morgan fingerprint density at radius 2 is 2.06 bits per heavy atom. The Morgan fingerprint density at radius 1 is 1.33 bits per heavy atom. The van der Waals surface area contributed by atoms with Gasteiger partial charge in [-0.3, -0.25) is 0 Å². The van der Waals surface area contributed by atoms with Crippen molar-refractivity contribution in [3.8, 4) is 6.07 Å². The minimum Gasteiger partial charge on any atom is -0.301 e. The fraction of sp³-hybridized carbons (Fsp3) is 0.400. The molecule has 2 rings (SSSR count). The molecule has 1 aromatic carbocycles. The van der Waals surface area contributed by atoms with E-state index in [1.54, 1.807) is 11.3 Å². The summed E-state index contributed by atoms with van der Waals surface area (Å²) in [4.78, 5) is 2.16. The largest absolute Gasteiger partial charge is 0.301 e. The Balaban J connectivity index is 2.52. The molecule has 2 aromatic rings. The van der Waals surface area contributed by atoms with Gasteiger partial charge in [-0.1, -0.05) is 25.1 Å². The van der Waals surface area contributed by atoms with Gasteiger partial charge in [0, 0.05) is 4.70 Å². The van der Waals surface area contributed by atoms with Crippen molar-refractivity contribution in [2.75, 3.05) is 14.1 Å². The second kappa shape index (κ2) is 5.51. The number of fused-ring (bicyclic) bond motifs is 1. The summed E-state index contributed by atoms with van der Waals surface area (Å²) in [5, 5.41) is 12.8. The van der Waals surface area contributed by atoms with Gasteiger partial charge in [0.05, 0.1) is 18.0 Å². The molecule has 2 atom stereocenters. The molecule has 2 nitrogen and oxygen atoms in total. The molecular formula is C15H18N2S. The van der Waals surface area contributed by atoms with E-state index in [2.05, 4.69) is 61.6 Å². The Bertz CT molecular complexity index is 565. The van der Waals surface area contributed by atoms with E-state index in [-0.39, 0.29) is 12.0 Å². The minimum atomic E-state index is 0.0398. The van der Waals surface area contributed by atoms with Crippen molar-refractivity contribution in [1.82, 2.24) is 4.90 Å². The predicted molar refractivity (Wildman–Crippen MR) is 77.6 cm³/mol. The fourth-order valence-corrected chi connectivity index (χ4v) is 3.46. The molecule has 3 heteroatoms. The van der Waals surface area contributed by atoms with Crippen LogP contribution in [-0.2, 0) is 0 Å². The maximum atomic E-state index is 9.34. The van der Waals surface area contributed by atoms with E-state index in [4.69, 9.17) is 0 Å². The molecule has 2 unspecified atom stereocenters. The Morgan fingerprint density at radius 3 is 2.67 bits per heavy atom. The highest BCUT2D eigenvalue weighted by Gasteiger charge is 2.26. The number of hydrogen-bond acceptors (Lipinski definition) is 3. The third-order valence-electron chi connectivity index (χ3n) is 3.37. The maximum absolute atomic E-state index is 9.34. The number of thiophene rings is 1. The van der Waals surface area contributed by atoms with Crippen molar-refractivity contribution in [2.24, 2.45) is 5.92 Å². The number of hydrogen-bond donors (Lipinski definition) is 0. The van der Waals surface area contributed by atoms with Crippen LogP contribution in [0.1, 0.15) is 24.9 Å². The van der Waals surface area contributed by atoms with Crippen LogP contribution in [0.5, 0.6) is 0 Å². The molecule has 0 aliphatic rings. The molecular weight excluding hydrogens is 240 g/mol. The van der Waals surface area contributed by atoms with Crippen LogP contribution in [0.2, 0.25) is 0 Å². The normalized spacial score (nSPS) is 14.6. The highest BCUT2D eigenvalue weighted by molar-refractivity contribution is 7.17. The third kappa shape index (κ3) is 2.27. The van der Waals surface area contributed by atoms with Gasteiger partial charge in [-0.15, -0.1) is 11.3 Å². The average molecular weight is 258 g/mol. The zero-order valence-electron chi connectivity index (χ0n) is 11.1. The van der Waals surface area contributed by atoms with Gasteiger partial charge in [0.15, 0.2) is 0 Å². The first-order chi connectivity index (χ1) is 8.69. The summed E-state index contributed by atoms with van der Waals surface area (Å²) >= 11 is 1.76. The van der Waals surface area contributed by atoms with Crippen LogP contribution < -0.4 is 0 Å². The third-order valence-corrected chi connectivity index (χ3v) is 4.35. The lowest BCUT2D eigenvalue weighted by atomic mass is 9.91. The molecule has 0 saturated heterocycles. The van der Waals surface area contributed by atoms with Crippen LogP contribution in [0.3, 0.4) is 0 Å². The van der Waals surface area contributed by atoms with Gasteiger partial charge in [0.1, 0.15) is 0 Å².